The van der Waals surface area contributed by atoms with Gasteiger partial charge in [-0.25, -0.2) is 0 Å². The van der Waals surface area contributed by atoms with Gasteiger partial charge in [-0.15, -0.1) is 0 Å². The van der Waals surface area contributed by atoms with Crippen LogP contribution >= 0.6 is 0 Å². The van der Waals surface area contributed by atoms with E-state index in [9.17, 15) is 0 Å². The van der Waals surface area contributed by atoms with Crippen molar-refractivity contribution in [1.82, 2.24) is 5.32 Å². The van der Waals surface area contributed by atoms with E-state index >= 15 is 0 Å². The van der Waals surface area contributed by atoms with Crippen LogP contribution in [0.1, 0.15) is 28.3 Å². The number of hydrogen-bond donors (Lipinski definition) is 1. The highest BCUT2D eigenvalue weighted by Crippen LogP contribution is 2.26. The Hall–Kier alpha value is -1.80. The third-order valence-electron chi connectivity index (χ3n) is 3.77. The van der Waals surface area contributed by atoms with Crippen LogP contribution in [0.4, 0.5) is 5.69 Å². The first-order valence-electron chi connectivity index (χ1n) is 7.04. The van der Waals surface area contributed by atoms with Crippen molar-refractivity contribution in [2.24, 2.45) is 0 Å². The van der Waals surface area contributed by atoms with Crippen molar-refractivity contribution in [3.05, 3.63) is 64.7 Å². The molecule has 1 N–H and O–H groups in total. The third-order valence-corrected chi connectivity index (χ3v) is 3.77. The predicted octanol–water partition coefficient (Wildman–Crippen LogP) is 3.68. The van der Waals surface area contributed by atoms with Gasteiger partial charge in [-0.3, -0.25) is 0 Å². The Kier molecular flexibility index (Phi) is 4.46. The summed E-state index contributed by atoms with van der Waals surface area (Å²) in [5, 5.41) is 3.43. The van der Waals surface area contributed by atoms with Gasteiger partial charge in [0.15, 0.2) is 0 Å². The van der Waals surface area contributed by atoms with Crippen molar-refractivity contribution in [3.63, 3.8) is 0 Å². The van der Waals surface area contributed by atoms with Gasteiger partial charge in [-0.2, -0.15) is 0 Å². The zero-order valence-corrected chi connectivity index (χ0v) is 13.1. The highest BCUT2D eigenvalue weighted by Gasteiger charge is 2.14. The Morgan fingerprint density at radius 2 is 1.60 bits per heavy atom. The minimum atomic E-state index is 0.242. The van der Waals surface area contributed by atoms with Crippen LogP contribution in [0.25, 0.3) is 0 Å². The van der Waals surface area contributed by atoms with Crippen molar-refractivity contribution in [3.8, 4) is 0 Å². The molecule has 0 bridgehead atoms. The Balaban J connectivity index is 2.36. The number of rotatable bonds is 4. The molecule has 20 heavy (non-hydrogen) atoms. The SMILES string of the molecule is CNC(c1ccc(N(C)C)cc1)c1ccc(C)cc1C. The Morgan fingerprint density at radius 3 is 2.10 bits per heavy atom. The molecule has 0 spiro atoms. The largest absolute Gasteiger partial charge is 0.378 e. The highest BCUT2D eigenvalue weighted by atomic mass is 15.1. The standard InChI is InChI=1S/C18H24N2/c1-13-6-11-17(14(2)12-13)18(19-3)15-7-9-16(10-8-15)20(4)5/h6-12,18-19H,1-5H3. The smallest absolute Gasteiger partial charge is 0.0576 e. The van der Waals surface area contributed by atoms with E-state index < -0.39 is 0 Å². The monoisotopic (exact) mass is 268 g/mol. The van der Waals surface area contributed by atoms with Gasteiger partial charge in [-0.05, 0) is 49.7 Å². The number of anilines is 1. The van der Waals surface area contributed by atoms with E-state index in [-0.39, 0.29) is 6.04 Å². The van der Waals surface area contributed by atoms with Gasteiger partial charge in [0, 0.05) is 19.8 Å². The molecule has 2 aromatic rings. The molecule has 0 aliphatic carbocycles. The number of nitrogens with one attached hydrogen (secondary N) is 1. The molecular weight excluding hydrogens is 244 g/mol. The van der Waals surface area contributed by atoms with E-state index in [0.29, 0.717) is 0 Å². The lowest BCUT2D eigenvalue weighted by Gasteiger charge is -2.21. The molecule has 0 amide bonds. The summed E-state index contributed by atoms with van der Waals surface area (Å²) in [5.74, 6) is 0. The molecule has 0 saturated heterocycles. The van der Waals surface area contributed by atoms with Crippen molar-refractivity contribution in [1.29, 1.82) is 0 Å². The molecule has 0 aromatic heterocycles. The van der Waals surface area contributed by atoms with Crippen molar-refractivity contribution in [2.75, 3.05) is 26.0 Å². The normalized spacial score (nSPS) is 12.2. The lowest BCUT2D eigenvalue weighted by molar-refractivity contribution is 0.687. The average Bonchev–Trinajstić information content (AvgIpc) is 2.42. The molecule has 0 aliphatic heterocycles. The number of aryl methyl sites for hydroxylation is 2. The Labute approximate surface area is 122 Å². The number of hydrogen-bond acceptors (Lipinski definition) is 2. The fraction of sp³-hybridized carbons (Fsp3) is 0.333. The van der Waals surface area contributed by atoms with Crippen molar-refractivity contribution < 1.29 is 0 Å². The highest BCUT2D eigenvalue weighted by molar-refractivity contribution is 5.48. The molecular formula is C18H24N2. The molecule has 0 radical (unpaired) electrons. The van der Waals surface area contributed by atoms with Crippen molar-refractivity contribution in [2.45, 2.75) is 19.9 Å². The summed E-state index contributed by atoms with van der Waals surface area (Å²) >= 11 is 0. The summed E-state index contributed by atoms with van der Waals surface area (Å²) in [6.07, 6.45) is 0. The molecule has 1 unspecified atom stereocenters. The zero-order valence-electron chi connectivity index (χ0n) is 13.1. The van der Waals surface area contributed by atoms with E-state index in [4.69, 9.17) is 0 Å². The van der Waals surface area contributed by atoms with Crippen LogP contribution in [-0.4, -0.2) is 21.1 Å². The minimum absolute atomic E-state index is 0.242. The average molecular weight is 268 g/mol. The Bertz CT molecular complexity index is 570. The summed E-state index contributed by atoms with van der Waals surface area (Å²) in [6.45, 7) is 4.32. The van der Waals surface area contributed by atoms with Crippen LogP contribution in [-0.2, 0) is 0 Å². The van der Waals surface area contributed by atoms with Gasteiger partial charge < -0.3 is 10.2 Å². The van der Waals surface area contributed by atoms with Gasteiger partial charge >= 0.3 is 0 Å². The molecule has 0 fully saturated rings. The summed E-state index contributed by atoms with van der Waals surface area (Å²) < 4.78 is 0. The van der Waals surface area contributed by atoms with Gasteiger partial charge in [0.05, 0.1) is 6.04 Å². The summed E-state index contributed by atoms with van der Waals surface area (Å²) in [7, 11) is 6.15. The molecule has 106 valence electrons. The third kappa shape index (κ3) is 3.02. The minimum Gasteiger partial charge on any atom is -0.378 e. The van der Waals surface area contributed by atoms with Gasteiger partial charge in [0.25, 0.3) is 0 Å². The van der Waals surface area contributed by atoms with Gasteiger partial charge in [0.2, 0.25) is 0 Å². The second kappa shape index (κ2) is 6.10. The Morgan fingerprint density at radius 1 is 0.950 bits per heavy atom. The fourth-order valence-electron chi connectivity index (χ4n) is 2.62. The van der Waals surface area contributed by atoms with E-state index in [2.05, 4.69) is 80.6 Å². The van der Waals surface area contributed by atoms with E-state index in [0.717, 1.165) is 0 Å². The van der Waals surface area contributed by atoms with E-state index in [1.807, 2.05) is 7.05 Å². The lowest BCUT2D eigenvalue weighted by Crippen LogP contribution is -2.19. The van der Waals surface area contributed by atoms with Crippen LogP contribution < -0.4 is 10.2 Å². The van der Waals surface area contributed by atoms with Gasteiger partial charge in [0.1, 0.15) is 0 Å². The second-order valence-corrected chi connectivity index (χ2v) is 5.57. The van der Waals surface area contributed by atoms with Crippen LogP contribution in [0.3, 0.4) is 0 Å². The topological polar surface area (TPSA) is 15.3 Å². The molecule has 2 heteroatoms. The molecule has 2 rings (SSSR count). The molecule has 2 aromatic carbocycles. The van der Waals surface area contributed by atoms with E-state index in [1.54, 1.807) is 0 Å². The van der Waals surface area contributed by atoms with Crippen LogP contribution in [0.2, 0.25) is 0 Å². The van der Waals surface area contributed by atoms with Crippen LogP contribution in [0, 0.1) is 13.8 Å². The first-order chi connectivity index (χ1) is 9.52. The second-order valence-electron chi connectivity index (χ2n) is 5.57. The maximum Gasteiger partial charge on any atom is 0.0576 e. The summed E-state index contributed by atoms with van der Waals surface area (Å²) in [4.78, 5) is 2.12. The zero-order chi connectivity index (χ0) is 14.7. The predicted molar refractivity (Wildman–Crippen MR) is 87.6 cm³/mol. The quantitative estimate of drug-likeness (QED) is 0.910. The van der Waals surface area contributed by atoms with Crippen LogP contribution in [0.5, 0.6) is 0 Å². The number of benzene rings is 2. The lowest BCUT2D eigenvalue weighted by atomic mass is 9.94. The fourth-order valence-corrected chi connectivity index (χ4v) is 2.62. The molecule has 0 aliphatic rings. The maximum absolute atomic E-state index is 3.43. The summed E-state index contributed by atoms with van der Waals surface area (Å²) in [5.41, 5.74) is 6.51. The molecule has 1 atom stereocenters. The molecule has 0 heterocycles. The summed E-state index contributed by atoms with van der Waals surface area (Å²) in [6, 6.07) is 15.6. The van der Waals surface area contributed by atoms with Crippen molar-refractivity contribution >= 4 is 5.69 Å². The maximum atomic E-state index is 3.43. The molecule has 2 nitrogen and oxygen atoms in total. The number of nitrogens with zero attached hydrogens (tertiary/aromatic N) is 1. The molecule has 0 saturated carbocycles. The van der Waals surface area contributed by atoms with Crippen LogP contribution in [0.15, 0.2) is 42.5 Å². The van der Waals surface area contributed by atoms with Gasteiger partial charge in [-0.1, -0.05) is 35.9 Å². The van der Waals surface area contributed by atoms with E-state index in [1.165, 1.54) is 27.9 Å². The first kappa shape index (κ1) is 14.6. The first-order valence-corrected chi connectivity index (χ1v) is 7.04.